The molecule has 4 heteroatoms. The molecule has 3 rings (SSSR count). The summed E-state index contributed by atoms with van der Waals surface area (Å²) in [5.74, 6) is 0.665. The van der Waals surface area contributed by atoms with Crippen LogP contribution in [0.25, 0.3) is 22.4 Å². The van der Waals surface area contributed by atoms with E-state index in [2.05, 4.69) is 11.1 Å². The first-order valence-corrected chi connectivity index (χ1v) is 7.57. The summed E-state index contributed by atoms with van der Waals surface area (Å²) in [6, 6.07) is 13.4. The van der Waals surface area contributed by atoms with Crippen LogP contribution in [0.2, 0.25) is 0 Å². The van der Waals surface area contributed by atoms with Crippen LogP contribution < -0.4 is 4.74 Å². The zero-order chi connectivity index (χ0) is 14.7. The van der Waals surface area contributed by atoms with Crippen LogP contribution in [0.15, 0.2) is 42.5 Å². The van der Waals surface area contributed by atoms with E-state index in [1.54, 1.807) is 17.4 Å². The molecule has 0 aliphatic rings. The van der Waals surface area contributed by atoms with Gasteiger partial charge in [0, 0.05) is 0 Å². The molecule has 0 unspecified atom stereocenters. The third-order valence-corrected chi connectivity index (χ3v) is 4.01. The number of aromatic nitrogens is 1. The largest absolute Gasteiger partial charge is 0.504 e. The number of hydrogen-bond donors (Lipinski definition) is 1. The second-order valence-electron chi connectivity index (χ2n) is 4.51. The Morgan fingerprint density at radius 2 is 2.05 bits per heavy atom. The summed E-state index contributed by atoms with van der Waals surface area (Å²) in [5, 5.41) is 10.6. The van der Waals surface area contributed by atoms with E-state index in [1.165, 1.54) is 4.70 Å². The molecule has 0 bridgehead atoms. The van der Waals surface area contributed by atoms with Crippen LogP contribution in [0, 0.1) is 0 Å². The van der Waals surface area contributed by atoms with Crippen molar-refractivity contribution in [1.82, 2.24) is 4.98 Å². The fourth-order valence-corrected chi connectivity index (χ4v) is 2.90. The standard InChI is InChI=1S/C17H15NO2S/c1-2-20-15-11-12(7-9-14(15)19)8-10-17-18-13-5-3-4-6-16(13)21-17/h3-11,19H,2H2,1H3/b10-8+. The average Bonchev–Trinajstić information content (AvgIpc) is 2.91. The summed E-state index contributed by atoms with van der Waals surface area (Å²) in [6.45, 7) is 2.42. The molecule has 1 heterocycles. The smallest absolute Gasteiger partial charge is 0.161 e. The predicted molar refractivity (Wildman–Crippen MR) is 87.8 cm³/mol. The van der Waals surface area contributed by atoms with E-state index in [9.17, 15) is 5.11 Å². The van der Waals surface area contributed by atoms with Crippen molar-refractivity contribution in [2.45, 2.75) is 6.92 Å². The van der Waals surface area contributed by atoms with Gasteiger partial charge in [-0.25, -0.2) is 4.98 Å². The Hall–Kier alpha value is -2.33. The second-order valence-corrected chi connectivity index (χ2v) is 5.58. The van der Waals surface area contributed by atoms with E-state index in [-0.39, 0.29) is 5.75 Å². The molecule has 3 aromatic rings. The first-order valence-electron chi connectivity index (χ1n) is 6.76. The van der Waals surface area contributed by atoms with Gasteiger partial charge in [-0.2, -0.15) is 0 Å². The molecule has 2 aromatic carbocycles. The number of aromatic hydroxyl groups is 1. The molecule has 1 aromatic heterocycles. The molecule has 0 fully saturated rings. The number of phenolic OH excluding ortho intramolecular Hbond substituents is 1. The van der Waals surface area contributed by atoms with Gasteiger partial charge in [0.2, 0.25) is 0 Å². The first kappa shape index (κ1) is 13.6. The van der Waals surface area contributed by atoms with Gasteiger partial charge in [0.05, 0.1) is 16.8 Å². The van der Waals surface area contributed by atoms with Crippen LogP contribution in [0.5, 0.6) is 11.5 Å². The Bertz CT molecular complexity index is 759. The normalized spacial score (nSPS) is 11.3. The van der Waals surface area contributed by atoms with Crippen molar-refractivity contribution in [2.24, 2.45) is 0 Å². The van der Waals surface area contributed by atoms with Gasteiger partial charge in [0.1, 0.15) is 5.01 Å². The Balaban J connectivity index is 1.86. The molecular formula is C17H15NO2S. The monoisotopic (exact) mass is 297 g/mol. The van der Waals surface area contributed by atoms with E-state index in [4.69, 9.17) is 4.74 Å². The number of thiazole rings is 1. The summed E-state index contributed by atoms with van der Waals surface area (Å²) < 4.78 is 6.56. The quantitative estimate of drug-likeness (QED) is 0.767. The van der Waals surface area contributed by atoms with Gasteiger partial charge in [0.25, 0.3) is 0 Å². The van der Waals surface area contributed by atoms with Crippen molar-refractivity contribution in [3.63, 3.8) is 0 Å². The highest BCUT2D eigenvalue weighted by molar-refractivity contribution is 7.19. The van der Waals surface area contributed by atoms with Gasteiger partial charge in [-0.1, -0.05) is 24.3 Å². The van der Waals surface area contributed by atoms with Crippen LogP contribution in [0.4, 0.5) is 0 Å². The zero-order valence-electron chi connectivity index (χ0n) is 11.6. The van der Waals surface area contributed by atoms with Gasteiger partial charge in [-0.3, -0.25) is 0 Å². The summed E-state index contributed by atoms with van der Waals surface area (Å²) in [4.78, 5) is 4.56. The Labute approximate surface area is 127 Å². The minimum Gasteiger partial charge on any atom is -0.504 e. The molecular weight excluding hydrogens is 282 g/mol. The number of para-hydroxylation sites is 1. The maximum Gasteiger partial charge on any atom is 0.161 e. The molecule has 106 valence electrons. The summed E-state index contributed by atoms with van der Waals surface area (Å²) in [7, 11) is 0. The van der Waals surface area contributed by atoms with E-state index in [1.807, 2.05) is 49.4 Å². The fraction of sp³-hybridized carbons (Fsp3) is 0.118. The SMILES string of the molecule is CCOc1cc(/C=C/c2nc3ccccc3s2)ccc1O. The zero-order valence-corrected chi connectivity index (χ0v) is 12.4. The summed E-state index contributed by atoms with van der Waals surface area (Å²) in [6.07, 6.45) is 3.95. The maximum absolute atomic E-state index is 9.69. The van der Waals surface area contributed by atoms with E-state index < -0.39 is 0 Å². The van der Waals surface area contributed by atoms with Crippen LogP contribution in [0.3, 0.4) is 0 Å². The summed E-state index contributed by atoms with van der Waals surface area (Å²) in [5.41, 5.74) is 1.98. The van der Waals surface area contributed by atoms with E-state index in [0.717, 1.165) is 16.1 Å². The lowest BCUT2D eigenvalue weighted by atomic mass is 10.2. The van der Waals surface area contributed by atoms with Crippen molar-refractivity contribution in [3.05, 3.63) is 53.0 Å². The van der Waals surface area contributed by atoms with Crippen LogP contribution >= 0.6 is 11.3 Å². The lowest BCUT2D eigenvalue weighted by molar-refractivity contribution is 0.318. The Kier molecular flexibility index (Phi) is 3.88. The van der Waals surface area contributed by atoms with Crippen LogP contribution in [-0.2, 0) is 0 Å². The minimum atomic E-state index is 0.161. The van der Waals surface area contributed by atoms with Gasteiger partial charge >= 0.3 is 0 Å². The highest BCUT2D eigenvalue weighted by atomic mass is 32.1. The molecule has 0 aliphatic heterocycles. The lowest BCUT2D eigenvalue weighted by Crippen LogP contribution is -1.91. The molecule has 0 amide bonds. The predicted octanol–water partition coefficient (Wildman–Crippen LogP) is 4.57. The van der Waals surface area contributed by atoms with Crippen LogP contribution in [0.1, 0.15) is 17.5 Å². The Morgan fingerprint density at radius 3 is 2.86 bits per heavy atom. The molecule has 0 spiro atoms. The molecule has 21 heavy (non-hydrogen) atoms. The first-order chi connectivity index (χ1) is 10.3. The summed E-state index contributed by atoms with van der Waals surface area (Å²) >= 11 is 1.66. The number of benzene rings is 2. The number of hydrogen-bond acceptors (Lipinski definition) is 4. The van der Waals surface area contributed by atoms with Crippen molar-refractivity contribution < 1.29 is 9.84 Å². The van der Waals surface area contributed by atoms with Crippen molar-refractivity contribution >= 4 is 33.7 Å². The van der Waals surface area contributed by atoms with Crippen LogP contribution in [-0.4, -0.2) is 16.7 Å². The molecule has 0 aliphatic carbocycles. The third kappa shape index (κ3) is 3.06. The molecule has 3 nitrogen and oxygen atoms in total. The molecule has 0 atom stereocenters. The second kappa shape index (κ2) is 5.97. The molecule has 0 saturated carbocycles. The van der Waals surface area contributed by atoms with Gasteiger partial charge < -0.3 is 9.84 Å². The molecule has 0 radical (unpaired) electrons. The number of phenols is 1. The highest BCUT2D eigenvalue weighted by Gasteiger charge is 2.03. The minimum absolute atomic E-state index is 0.161. The van der Waals surface area contributed by atoms with Crippen molar-refractivity contribution in [2.75, 3.05) is 6.61 Å². The number of ether oxygens (including phenoxy) is 1. The van der Waals surface area contributed by atoms with Gasteiger partial charge in [0.15, 0.2) is 11.5 Å². The van der Waals surface area contributed by atoms with Crippen molar-refractivity contribution in [1.29, 1.82) is 0 Å². The van der Waals surface area contributed by atoms with E-state index >= 15 is 0 Å². The maximum atomic E-state index is 9.69. The van der Waals surface area contributed by atoms with E-state index in [0.29, 0.717) is 12.4 Å². The molecule has 1 N–H and O–H groups in total. The fourth-order valence-electron chi connectivity index (χ4n) is 2.03. The van der Waals surface area contributed by atoms with Gasteiger partial charge in [-0.15, -0.1) is 11.3 Å². The van der Waals surface area contributed by atoms with Crippen molar-refractivity contribution in [3.8, 4) is 11.5 Å². The average molecular weight is 297 g/mol. The van der Waals surface area contributed by atoms with Gasteiger partial charge in [-0.05, 0) is 42.8 Å². The Morgan fingerprint density at radius 1 is 1.19 bits per heavy atom. The third-order valence-electron chi connectivity index (χ3n) is 3.01. The number of nitrogens with zero attached hydrogens (tertiary/aromatic N) is 1. The highest BCUT2D eigenvalue weighted by Crippen LogP contribution is 2.28. The number of rotatable bonds is 4. The lowest BCUT2D eigenvalue weighted by Gasteiger charge is -2.05. The number of fused-ring (bicyclic) bond motifs is 1. The topological polar surface area (TPSA) is 42.4 Å². The molecule has 0 saturated heterocycles.